The van der Waals surface area contributed by atoms with Crippen LogP contribution in [-0.4, -0.2) is 29.9 Å². The van der Waals surface area contributed by atoms with Crippen molar-refractivity contribution in [2.45, 2.75) is 13.8 Å². The molecule has 6 heteroatoms. The molecule has 2 aromatic rings. The predicted octanol–water partition coefficient (Wildman–Crippen LogP) is 2.74. The lowest BCUT2D eigenvalue weighted by atomic mass is 10.1. The van der Waals surface area contributed by atoms with Gasteiger partial charge in [0.15, 0.2) is 0 Å². The third-order valence-electron chi connectivity index (χ3n) is 3.26. The Hall–Kier alpha value is -3.02. The summed E-state index contributed by atoms with van der Waals surface area (Å²) in [4.78, 5) is 11.8. The molecule has 3 N–H and O–H groups in total. The monoisotopic (exact) mass is 327 g/mol. The van der Waals surface area contributed by atoms with Crippen LogP contribution >= 0.6 is 0 Å². The maximum atomic E-state index is 11.8. The lowest BCUT2D eigenvalue weighted by Gasteiger charge is -2.08. The van der Waals surface area contributed by atoms with Gasteiger partial charge in [0.25, 0.3) is 5.91 Å². The number of carbonyl (C=O) groups excluding carboxylic acids is 1. The van der Waals surface area contributed by atoms with Gasteiger partial charge in [-0.3, -0.25) is 4.79 Å². The molecular formula is C18H21N3O3. The average Bonchev–Trinajstić information content (AvgIpc) is 2.60. The number of anilines is 1. The van der Waals surface area contributed by atoms with Crippen LogP contribution in [0.15, 0.2) is 53.6 Å². The zero-order chi connectivity index (χ0) is 17.4. The van der Waals surface area contributed by atoms with Gasteiger partial charge >= 0.3 is 0 Å². The normalized spacial score (nSPS) is 11.0. The minimum Gasteiger partial charge on any atom is -0.507 e. The van der Waals surface area contributed by atoms with Gasteiger partial charge in [0.2, 0.25) is 0 Å². The van der Waals surface area contributed by atoms with Crippen molar-refractivity contribution >= 4 is 17.3 Å². The first kappa shape index (κ1) is 17.3. The van der Waals surface area contributed by atoms with Crippen LogP contribution in [0.4, 0.5) is 5.69 Å². The summed E-state index contributed by atoms with van der Waals surface area (Å²) in [6.07, 6.45) is 0. The highest BCUT2D eigenvalue weighted by Gasteiger charge is 2.05. The van der Waals surface area contributed by atoms with Gasteiger partial charge in [-0.15, -0.1) is 0 Å². The number of hydrogen-bond donors (Lipinski definition) is 3. The Balaban J connectivity index is 1.85. The van der Waals surface area contributed by atoms with Crippen molar-refractivity contribution < 1.29 is 14.6 Å². The van der Waals surface area contributed by atoms with Crippen LogP contribution in [0.3, 0.4) is 0 Å². The summed E-state index contributed by atoms with van der Waals surface area (Å²) in [6.45, 7) is 4.35. The quantitative estimate of drug-likeness (QED) is 0.539. The van der Waals surface area contributed by atoms with Crippen LogP contribution in [0.25, 0.3) is 0 Å². The molecule has 0 aromatic heterocycles. The van der Waals surface area contributed by atoms with Crippen molar-refractivity contribution in [2.24, 2.45) is 5.10 Å². The third kappa shape index (κ3) is 5.01. The van der Waals surface area contributed by atoms with Crippen LogP contribution < -0.4 is 15.5 Å². The van der Waals surface area contributed by atoms with Crippen molar-refractivity contribution in [1.82, 2.24) is 5.43 Å². The number of benzene rings is 2. The molecule has 0 atom stereocenters. The molecule has 2 rings (SSSR count). The number of nitrogens with one attached hydrogen (secondary N) is 2. The molecule has 6 nitrogen and oxygen atoms in total. The Kier molecular flexibility index (Phi) is 6.19. The fraction of sp³-hybridized carbons (Fsp3) is 0.222. The van der Waals surface area contributed by atoms with E-state index >= 15 is 0 Å². The second-order valence-electron chi connectivity index (χ2n) is 5.06. The summed E-state index contributed by atoms with van der Waals surface area (Å²) < 4.78 is 5.36. The van der Waals surface area contributed by atoms with E-state index < -0.39 is 0 Å². The number of phenolic OH excluding ortho intramolecular Hbond substituents is 1. The molecule has 24 heavy (non-hydrogen) atoms. The molecule has 0 bridgehead atoms. The van der Waals surface area contributed by atoms with Gasteiger partial charge < -0.3 is 15.2 Å². The largest absolute Gasteiger partial charge is 0.507 e. The molecule has 0 heterocycles. The number of hydrazone groups is 1. The van der Waals surface area contributed by atoms with E-state index in [2.05, 4.69) is 15.8 Å². The molecule has 0 aliphatic rings. The zero-order valence-electron chi connectivity index (χ0n) is 13.7. The summed E-state index contributed by atoms with van der Waals surface area (Å²) >= 11 is 0. The molecular weight excluding hydrogens is 306 g/mol. The Morgan fingerprint density at radius 1 is 1.17 bits per heavy atom. The summed E-state index contributed by atoms with van der Waals surface area (Å²) in [6, 6.07) is 14.2. The summed E-state index contributed by atoms with van der Waals surface area (Å²) in [5.74, 6) is 0.634. The Bertz CT molecular complexity index is 712. The SMILES string of the molecule is CCOc1ccc(NCC(=O)NN=C(C)c2ccccc2O)cc1. The fourth-order valence-corrected chi connectivity index (χ4v) is 2.04. The van der Waals surface area contributed by atoms with Gasteiger partial charge in [-0.2, -0.15) is 5.10 Å². The molecule has 1 amide bonds. The highest BCUT2D eigenvalue weighted by Crippen LogP contribution is 2.16. The van der Waals surface area contributed by atoms with Crippen molar-refractivity contribution in [3.8, 4) is 11.5 Å². The third-order valence-corrected chi connectivity index (χ3v) is 3.26. The van der Waals surface area contributed by atoms with Crippen molar-refractivity contribution in [3.63, 3.8) is 0 Å². The van der Waals surface area contributed by atoms with Crippen molar-refractivity contribution in [1.29, 1.82) is 0 Å². The summed E-state index contributed by atoms with van der Waals surface area (Å²) in [5.41, 5.74) is 4.39. The van der Waals surface area contributed by atoms with E-state index in [-0.39, 0.29) is 18.2 Å². The van der Waals surface area contributed by atoms with Crippen LogP contribution in [0.1, 0.15) is 19.4 Å². The molecule has 0 aliphatic carbocycles. The second-order valence-corrected chi connectivity index (χ2v) is 5.06. The Morgan fingerprint density at radius 3 is 2.54 bits per heavy atom. The van der Waals surface area contributed by atoms with Gasteiger partial charge in [-0.1, -0.05) is 12.1 Å². The molecule has 126 valence electrons. The Morgan fingerprint density at radius 2 is 1.88 bits per heavy atom. The highest BCUT2D eigenvalue weighted by atomic mass is 16.5. The number of ether oxygens (including phenoxy) is 1. The molecule has 0 fully saturated rings. The smallest absolute Gasteiger partial charge is 0.259 e. The van der Waals surface area contributed by atoms with E-state index in [0.717, 1.165) is 11.4 Å². The minimum absolute atomic E-state index is 0.0888. The van der Waals surface area contributed by atoms with Gasteiger partial charge in [0.1, 0.15) is 11.5 Å². The summed E-state index contributed by atoms with van der Waals surface area (Å²) in [7, 11) is 0. The van der Waals surface area contributed by atoms with Crippen LogP contribution in [0.2, 0.25) is 0 Å². The second kappa shape index (κ2) is 8.57. The molecule has 2 aromatic carbocycles. The first-order chi connectivity index (χ1) is 11.6. The highest BCUT2D eigenvalue weighted by molar-refractivity contribution is 6.01. The number of aromatic hydroxyl groups is 1. The van der Waals surface area contributed by atoms with Crippen molar-refractivity contribution in [3.05, 3.63) is 54.1 Å². The van der Waals surface area contributed by atoms with E-state index in [1.165, 1.54) is 0 Å². The number of nitrogens with zero attached hydrogens (tertiary/aromatic N) is 1. The molecule has 0 saturated carbocycles. The lowest BCUT2D eigenvalue weighted by Crippen LogP contribution is -2.26. The van der Waals surface area contributed by atoms with E-state index in [0.29, 0.717) is 17.9 Å². The maximum absolute atomic E-state index is 11.8. The average molecular weight is 327 g/mol. The van der Waals surface area contributed by atoms with Crippen LogP contribution in [-0.2, 0) is 4.79 Å². The molecule has 0 radical (unpaired) electrons. The molecule has 0 saturated heterocycles. The molecule has 0 aliphatic heterocycles. The topological polar surface area (TPSA) is 83.0 Å². The number of carbonyl (C=O) groups is 1. The lowest BCUT2D eigenvalue weighted by molar-refractivity contribution is -0.119. The number of rotatable bonds is 7. The number of phenols is 1. The van der Waals surface area contributed by atoms with E-state index in [1.54, 1.807) is 31.2 Å². The predicted molar refractivity (Wildman–Crippen MR) is 94.6 cm³/mol. The molecule has 0 spiro atoms. The van der Waals surface area contributed by atoms with E-state index in [4.69, 9.17) is 4.74 Å². The minimum atomic E-state index is -0.279. The van der Waals surface area contributed by atoms with Crippen LogP contribution in [0.5, 0.6) is 11.5 Å². The van der Waals surface area contributed by atoms with Crippen LogP contribution in [0, 0.1) is 0 Å². The number of para-hydroxylation sites is 1. The maximum Gasteiger partial charge on any atom is 0.259 e. The van der Waals surface area contributed by atoms with Gasteiger partial charge in [0.05, 0.1) is 18.9 Å². The van der Waals surface area contributed by atoms with E-state index in [1.807, 2.05) is 31.2 Å². The fourth-order valence-electron chi connectivity index (χ4n) is 2.04. The van der Waals surface area contributed by atoms with Gasteiger partial charge in [-0.05, 0) is 50.2 Å². The Labute approximate surface area is 141 Å². The first-order valence-electron chi connectivity index (χ1n) is 7.68. The van der Waals surface area contributed by atoms with Gasteiger partial charge in [0, 0.05) is 11.3 Å². The van der Waals surface area contributed by atoms with Crippen molar-refractivity contribution in [2.75, 3.05) is 18.5 Å². The standard InChI is InChI=1S/C18H21N3O3/c1-3-24-15-10-8-14(9-11-15)19-12-18(23)21-20-13(2)16-6-4-5-7-17(16)22/h4-11,19,22H,3,12H2,1-2H3,(H,21,23). The van der Waals surface area contributed by atoms with Gasteiger partial charge in [-0.25, -0.2) is 5.43 Å². The number of amides is 1. The zero-order valence-corrected chi connectivity index (χ0v) is 13.7. The summed E-state index contributed by atoms with van der Waals surface area (Å²) in [5, 5.41) is 16.7. The first-order valence-corrected chi connectivity index (χ1v) is 7.68. The van der Waals surface area contributed by atoms with E-state index in [9.17, 15) is 9.90 Å². The number of hydrogen-bond acceptors (Lipinski definition) is 5. The molecule has 0 unspecified atom stereocenters.